The lowest BCUT2D eigenvalue weighted by atomic mass is 9.85. The molecule has 0 radical (unpaired) electrons. The van der Waals surface area contributed by atoms with Gasteiger partial charge in [-0.25, -0.2) is 4.79 Å². The first-order valence-corrected chi connectivity index (χ1v) is 9.24. The molecule has 6 heteroatoms. The van der Waals surface area contributed by atoms with Crippen LogP contribution in [0.1, 0.15) is 47.0 Å². The van der Waals surface area contributed by atoms with Crippen LogP contribution in [0.4, 0.5) is 4.79 Å². The lowest BCUT2D eigenvalue weighted by molar-refractivity contribution is -0.136. The number of methoxy groups -OCH3 is 1. The molecule has 0 aromatic heterocycles. The molecule has 2 saturated heterocycles. The molecule has 24 heavy (non-hydrogen) atoms. The van der Waals surface area contributed by atoms with Crippen LogP contribution in [0.15, 0.2) is 0 Å². The number of hydrogen-bond donors (Lipinski definition) is 0. The van der Waals surface area contributed by atoms with E-state index < -0.39 is 5.54 Å². The first kappa shape index (κ1) is 19.2. The Balaban J connectivity index is 2.21. The third kappa shape index (κ3) is 3.45. The number of hydrogen-bond acceptors (Lipinski definition) is 4. The van der Waals surface area contributed by atoms with Crippen LogP contribution in [0.3, 0.4) is 0 Å². The molecule has 0 aromatic rings. The Bertz CT molecular complexity index is 458. The quantitative estimate of drug-likeness (QED) is 0.667. The van der Waals surface area contributed by atoms with Gasteiger partial charge >= 0.3 is 6.03 Å². The zero-order valence-corrected chi connectivity index (χ0v) is 15.9. The van der Waals surface area contributed by atoms with Crippen molar-refractivity contribution in [3.63, 3.8) is 0 Å². The molecule has 0 aliphatic carbocycles. The van der Waals surface area contributed by atoms with Crippen molar-refractivity contribution in [3.8, 4) is 0 Å². The Kier molecular flexibility index (Phi) is 6.26. The van der Waals surface area contributed by atoms with E-state index in [1.54, 1.807) is 12.0 Å². The Morgan fingerprint density at radius 2 is 1.79 bits per heavy atom. The highest BCUT2D eigenvalue weighted by atomic mass is 16.5. The summed E-state index contributed by atoms with van der Waals surface area (Å²) in [6.07, 6.45) is 2.55. The zero-order chi connectivity index (χ0) is 17.9. The first-order chi connectivity index (χ1) is 11.4. The summed E-state index contributed by atoms with van der Waals surface area (Å²) >= 11 is 0. The molecule has 0 N–H and O–H groups in total. The van der Waals surface area contributed by atoms with Crippen LogP contribution in [0.25, 0.3) is 0 Å². The smallest absolute Gasteiger partial charge is 0.327 e. The van der Waals surface area contributed by atoms with E-state index in [1.165, 1.54) is 4.90 Å². The highest BCUT2D eigenvalue weighted by molar-refractivity contribution is 6.07. The number of rotatable bonds is 7. The Morgan fingerprint density at radius 3 is 2.29 bits per heavy atom. The number of imide groups is 1. The van der Waals surface area contributed by atoms with Crippen molar-refractivity contribution in [1.29, 1.82) is 0 Å². The van der Waals surface area contributed by atoms with Crippen LogP contribution < -0.4 is 0 Å². The molecular weight excluding hydrogens is 306 g/mol. The predicted molar refractivity (Wildman–Crippen MR) is 93.8 cm³/mol. The van der Waals surface area contributed by atoms with Gasteiger partial charge in [0.05, 0.1) is 6.61 Å². The molecule has 138 valence electrons. The molecule has 0 bridgehead atoms. The second kappa shape index (κ2) is 7.83. The van der Waals surface area contributed by atoms with Crippen molar-refractivity contribution in [3.05, 3.63) is 0 Å². The number of urea groups is 1. The van der Waals surface area contributed by atoms with Crippen LogP contribution in [0, 0.1) is 5.92 Å². The zero-order valence-electron chi connectivity index (χ0n) is 15.9. The maximum absolute atomic E-state index is 13.2. The molecule has 3 amide bonds. The van der Waals surface area contributed by atoms with Gasteiger partial charge in [-0.05, 0) is 32.1 Å². The summed E-state index contributed by atoms with van der Waals surface area (Å²) < 4.78 is 5.18. The van der Waals surface area contributed by atoms with Crippen molar-refractivity contribution < 1.29 is 14.3 Å². The molecule has 6 nitrogen and oxygen atoms in total. The van der Waals surface area contributed by atoms with Gasteiger partial charge in [-0.2, -0.15) is 0 Å². The third-order valence-corrected chi connectivity index (χ3v) is 5.53. The molecule has 2 rings (SSSR count). The summed E-state index contributed by atoms with van der Waals surface area (Å²) in [7, 11) is 1.63. The topological polar surface area (TPSA) is 53.1 Å². The number of nitrogens with zero attached hydrogens (tertiary/aromatic N) is 3. The molecule has 1 atom stereocenters. The summed E-state index contributed by atoms with van der Waals surface area (Å²) in [5.74, 6) is 0.277. The maximum Gasteiger partial charge on any atom is 0.327 e. The van der Waals surface area contributed by atoms with Gasteiger partial charge in [0.2, 0.25) is 0 Å². The number of carbonyl (C=O) groups excluding carboxylic acids is 2. The molecule has 2 heterocycles. The average molecular weight is 339 g/mol. The fourth-order valence-corrected chi connectivity index (χ4v) is 3.88. The molecule has 2 aliphatic heterocycles. The lowest BCUT2D eigenvalue weighted by Gasteiger charge is -2.43. The molecular formula is C18H33N3O3. The molecule has 1 unspecified atom stereocenters. The summed E-state index contributed by atoms with van der Waals surface area (Å²) in [6, 6.07) is 0.386. The van der Waals surface area contributed by atoms with E-state index in [2.05, 4.69) is 18.7 Å². The van der Waals surface area contributed by atoms with Crippen LogP contribution in [-0.2, 0) is 9.53 Å². The third-order valence-electron chi connectivity index (χ3n) is 5.53. The van der Waals surface area contributed by atoms with Crippen molar-refractivity contribution in [2.45, 2.75) is 58.5 Å². The van der Waals surface area contributed by atoms with Crippen molar-refractivity contribution in [2.75, 3.05) is 39.9 Å². The van der Waals surface area contributed by atoms with Gasteiger partial charge < -0.3 is 14.5 Å². The van der Waals surface area contributed by atoms with E-state index in [4.69, 9.17) is 4.74 Å². The van der Waals surface area contributed by atoms with E-state index in [-0.39, 0.29) is 17.9 Å². The van der Waals surface area contributed by atoms with Crippen LogP contribution in [0.5, 0.6) is 0 Å². The fraction of sp³-hybridized carbons (Fsp3) is 0.889. The highest BCUT2D eigenvalue weighted by Crippen LogP contribution is 2.38. The van der Waals surface area contributed by atoms with Gasteiger partial charge in [0.25, 0.3) is 5.91 Å². The van der Waals surface area contributed by atoms with E-state index in [0.717, 1.165) is 32.4 Å². The average Bonchev–Trinajstić information content (AvgIpc) is 2.75. The van der Waals surface area contributed by atoms with Gasteiger partial charge in [-0.1, -0.05) is 20.8 Å². The van der Waals surface area contributed by atoms with Crippen LogP contribution >= 0.6 is 0 Å². The molecule has 0 saturated carbocycles. The number of amides is 3. The number of piperidine rings is 1. The minimum atomic E-state index is -0.658. The van der Waals surface area contributed by atoms with E-state index in [9.17, 15) is 9.59 Å². The summed E-state index contributed by atoms with van der Waals surface area (Å²) in [5, 5.41) is 0. The standard InChI is InChI=1S/C18H33N3O3/c1-6-15(4)19-9-7-18(8-10-19)16(22)20(13-14(2)3)17(23)21(18)11-12-24-5/h14-15H,6-13H2,1-5H3. The molecule has 2 fully saturated rings. The number of likely N-dealkylation sites (tertiary alicyclic amines) is 1. The summed E-state index contributed by atoms with van der Waals surface area (Å²) in [4.78, 5) is 31.7. The normalized spacial score (nSPS) is 22.9. The van der Waals surface area contributed by atoms with Gasteiger partial charge in [-0.3, -0.25) is 9.69 Å². The van der Waals surface area contributed by atoms with Crippen molar-refractivity contribution in [2.24, 2.45) is 5.92 Å². The van der Waals surface area contributed by atoms with Gasteiger partial charge in [0, 0.05) is 39.3 Å². The van der Waals surface area contributed by atoms with Crippen LogP contribution in [0.2, 0.25) is 0 Å². The Morgan fingerprint density at radius 1 is 1.17 bits per heavy atom. The van der Waals surface area contributed by atoms with Gasteiger partial charge in [0.1, 0.15) is 5.54 Å². The fourth-order valence-electron chi connectivity index (χ4n) is 3.88. The minimum absolute atomic E-state index is 0.00102. The molecule has 1 spiro atoms. The van der Waals surface area contributed by atoms with E-state index in [1.807, 2.05) is 13.8 Å². The van der Waals surface area contributed by atoms with Crippen molar-refractivity contribution >= 4 is 11.9 Å². The number of ether oxygens (including phenoxy) is 1. The lowest BCUT2D eigenvalue weighted by Crippen LogP contribution is -2.58. The van der Waals surface area contributed by atoms with E-state index in [0.29, 0.717) is 25.7 Å². The second-order valence-corrected chi connectivity index (χ2v) is 7.56. The summed E-state index contributed by atoms with van der Waals surface area (Å²) in [6.45, 7) is 11.7. The highest BCUT2D eigenvalue weighted by Gasteiger charge is 2.57. The minimum Gasteiger partial charge on any atom is -0.383 e. The SMILES string of the molecule is CCC(C)N1CCC2(CC1)C(=O)N(CC(C)C)C(=O)N2CCOC. The first-order valence-electron chi connectivity index (χ1n) is 9.24. The van der Waals surface area contributed by atoms with Gasteiger partial charge in [-0.15, -0.1) is 0 Å². The van der Waals surface area contributed by atoms with E-state index >= 15 is 0 Å². The van der Waals surface area contributed by atoms with Gasteiger partial charge in [0.15, 0.2) is 0 Å². The second-order valence-electron chi connectivity index (χ2n) is 7.56. The summed E-state index contributed by atoms with van der Waals surface area (Å²) in [5.41, 5.74) is -0.658. The molecule has 2 aliphatic rings. The molecule has 0 aromatic carbocycles. The monoisotopic (exact) mass is 339 g/mol. The van der Waals surface area contributed by atoms with Crippen LogP contribution in [-0.4, -0.2) is 78.1 Å². The Hall–Kier alpha value is -1.14. The predicted octanol–water partition coefficient (Wildman–Crippen LogP) is 2.19. The maximum atomic E-state index is 13.2. The Labute approximate surface area is 146 Å². The largest absolute Gasteiger partial charge is 0.383 e. The van der Waals surface area contributed by atoms with Crippen molar-refractivity contribution in [1.82, 2.24) is 14.7 Å². The number of carbonyl (C=O) groups is 2.